The number of hydrogen-bond donors (Lipinski definition) is 3. The summed E-state index contributed by atoms with van der Waals surface area (Å²) in [7, 11) is 0. The van der Waals surface area contributed by atoms with E-state index in [2.05, 4.69) is 57.0 Å². The standard InChI is InChI=1S/C26H31N5O/c32-16-26(20-4-2-1-3-5-20)30-22-10-7-19(8-11-22)6-9-21-15-27-25-13-12-23(14-24(21)25)31-17-28-29-18-31/h1-5,12-15,17-19,22,26-27,30,32H,6-11,16H2/t19-,22-,26-/m0/s1. The molecule has 4 aromatic rings. The first-order valence-electron chi connectivity index (χ1n) is 11.7. The zero-order valence-electron chi connectivity index (χ0n) is 18.3. The Kier molecular flexibility index (Phi) is 6.32. The maximum atomic E-state index is 9.84. The number of hydrogen-bond acceptors (Lipinski definition) is 4. The van der Waals surface area contributed by atoms with Gasteiger partial charge in [0.2, 0.25) is 0 Å². The van der Waals surface area contributed by atoms with Crippen LogP contribution in [0, 0.1) is 5.92 Å². The van der Waals surface area contributed by atoms with E-state index in [4.69, 9.17) is 0 Å². The van der Waals surface area contributed by atoms with Crippen molar-refractivity contribution in [3.8, 4) is 5.69 Å². The SMILES string of the molecule is OC[C@H](N[C@H]1CC[C@H](CCc2c[nH]c3ccc(-n4cnnc4)cc23)CC1)c1ccccc1. The van der Waals surface area contributed by atoms with Gasteiger partial charge >= 0.3 is 0 Å². The van der Waals surface area contributed by atoms with Crippen LogP contribution in [0.3, 0.4) is 0 Å². The van der Waals surface area contributed by atoms with Crippen molar-refractivity contribution < 1.29 is 5.11 Å². The van der Waals surface area contributed by atoms with Crippen molar-refractivity contribution in [1.29, 1.82) is 0 Å². The summed E-state index contributed by atoms with van der Waals surface area (Å²) >= 11 is 0. The molecular formula is C26H31N5O. The van der Waals surface area contributed by atoms with Crippen LogP contribution >= 0.6 is 0 Å². The zero-order chi connectivity index (χ0) is 21.8. The fourth-order valence-electron chi connectivity index (χ4n) is 5.07. The molecule has 3 N–H and O–H groups in total. The summed E-state index contributed by atoms with van der Waals surface area (Å²) in [6.45, 7) is 0.141. The molecule has 0 amide bonds. The first kappa shape index (κ1) is 20.9. The Morgan fingerprint density at radius 3 is 2.56 bits per heavy atom. The maximum absolute atomic E-state index is 9.84. The van der Waals surface area contributed by atoms with Crippen molar-refractivity contribution in [3.63, 3.8) is 0 Å². The third-order valence-electron chi connectivity index (χ3n) is 6.96. The van der Waals surface area contributed by atoms with Gasteiger partial charge in [-0.25, -0.2) is 0 Å². The average molecular weight is 430 g/mol. The van der Waals surface area contributed by atoms with Gasteiger partial charge in [-0.1, -0.05) is 30.3 Å². The molecule has 5 rings (SSSR count). The van der Waals surface area contributed by atoms with Crippen LogP contribution in [0.5, 0.6) is 0 Å². The molecule has 2 aromatic heterocycles. The number of nitrogens with zero attached hydrogens (tertiary/aromatic N) is 3. The van der Waals surface area contributed by atoms with E-state index in [1.54, 1.807) is 12.7 Å². The molecule has 0 spiro atoms. The topological polar surface area (TPSA) is 78.8 Å². The summed E-state index contributed by atoms with van der Waals surface area (Å²) < 4.78 is 1.94. The molecule has 2 heterocycles. The predicted octanol–water partition coefficient (Wildman–Crippen LogP) is 4.56. The molecule has 166 valence electrons. The number of aliphatic hydroxyl groups excluding tert-OH is 1. The molecule has 1 saturated carbocycles. The molecule has 0 radical (unpaired) electrons. The molecule has 1 aliphatic carbocycles. The first-order valence-corrected chi connectivity index (χ1v) is 11.7. The number of fused-ring (bicyclic) bond motifs is 1. The second-order valence-corrected chi connectivity index (χ2v) is 8.98. The van der Waals surface area contributed by atoms with E-state index in [1.165, 1.54) is 54.1 Å². The number of aromatic amines is 1. The quantitative estimate of drug-likeness (QED) is 0.384. The highest BCUT2D eigenvalue weighted by Crippen LogP contribution is 2.31. The van der Waals surface area contributed by atoms with E-state index in [0.717, 1.165) is 18.0 Å². The van der Waals surface area contributed by atoms with E-state index >= 15 is 0 Å². The molecule has 2 aromatic carbocycles. The van der Waals surface area contributed by atoms with Crippen molar-refractivity contribution in [3.05, 3.63) is 78.5 Å². The Balaban J connectivity index is 1.16. The van der Waals surface area contributed by atoms with Crippen LogP contribution in [0.25, 0.3) is 16.6 Å². The van der Waals surface area contributed by atoms with Gasteiger partial charge < -0.3 is 15.4 Å². The number of H-pyrrole nitrogens is 1. The van der Waals surface area contributed by atoms with Crippen molar-refractivity contribution in [2.24, 2.45) is 5.92 Å². The number of aryl methyl sites for hydroxylation is 1. The van der Waals surface area contributed by atoms with Crippen molar-refractivity contribution in [2.45, 2.75) is 50.6 Å². The van der Waals surface area contributed by atoms with Gasteiger partial charge in [-0.05, 0) is 73.8 Å². The second kappa shape index (κ2) is 9.67. The molecule has 1 aliphatic rings. The molecule has 0 bridgehead atoms. The van der Waals surface area contributed by atoms with Crippen LogP contribution < -0.4 is 5.32 Å². The molecule has 6 heteroatoms. The highest BCUT2D eigenvalue weighted by atomic mass is 16.3. The number of rotatable bonds is 8. The fraction of sp³-hybridized carbons (Fsp3) is 0.385. The Hall–Kier alpha value is -2.96. The highest BCUT2D eigenvalue weighted by Gasteiger charge is 2.23. The van der Waals surface area contributed by atoms with Gasteiger partial charge in [0.25, 0.3) is 0 Å². The van der Waals surface area contributed by atoms with Crippen molar-refractivity contribution in [1.82, 2.24) is 25.1 Å². The average Bonchev–Trinajstić information content (AvgIpc) is 3.52. The van der Waals surface area contributed by atoms with E-state index in [1.807, 2.05) is 22.8 Å². The van der Waals surface area contributed by atoms with Crippen molar-refractivity contribution in [2.75, 3.05) is 6.61 Å². The summed E-state index contributed by atoms with van der Waals surface area (Å²) in [5.74, 6) is 0.767. The maximum Gasteiger partial charge on any atom is 0.123 e. The third-order valence-corrected chi connectivity index (χ3v) is 6.96. The van der Waals surface area contributed by atoms with Gasteiger partial charge in [0, 0.05) is 28.8 Å². The summed E-state index contributed by atoms with van der Waals surface area (Å²) in [6.07, 6.45) is 12.8. The van der Waals surface area contributed by atoms with Gasteiger partial charge in [0.05, 0.1) is 12.6 Å². The fourth-order valence-corrected chi connectivity index (χ4v) is 5.07. The monoisotopic (exact) mass is 429 g/mol. The van der Waals surface area contributed by atoms with Gasteiger partial charge in [-0.3, -0.25) is 4.57 Å². The highest BCUT2D eigenvalue weighted by molar-refractivity contribution is 5.85. The lowest BCUT2D eigenvalue weighted by atomic mass is 9.82. The molecule has 0 aliphatic heterocycles. The van der Waals surface area contributed by atoms with E-state index in [-0.39, 0.29) is 12.6 Å². The summed E-state index contributed by atoms with van der Waals surface area (Å²) in [5, 5.41) is 22.7. The molecule has 32 heavy (non-hydrogen) atoms. The Bertz CT molecular complexity index is 1110. The molecule has 0 saturated heterocycles. The van der Waals surface area contributed by atoms with E-state index < -0.39 is 0 Å². The van der Waals surface area contributed by atoms with Gasteiger partial charge in [-0.15, -0.1) is 10.2 Å². The number of aromatic nitrogens is 4. The normalized spacial score (nSPS) is 19.9. The van der Waals surface area contributed by atoms with Gasteiger partial charge in [0.15, 0.2) is 0 Å². The van der Waals surface area contributed by atoms with Crippen molar-refractivity contribution >= 4 is 10.9 Å². The van der Waals surface area contributed by atoms with Crippen LogP contribution in [-0.4, -0.2) is 37.5 Å². The molecule has 6 nitrogen and oxygen atoms in total. The lowest BCUT2D eigenvalue weighted by Gasteiger charge is -2.32. The third kappa shape index (κ3) is 4.61. The molecule has 1 fully saturated rings. The van der Waals surface area contributed by atoms with Gasteiger partial charge in [0.1, 0.15) is 12.7 Å². The number of nitrogens with one attached hydrogen (secondary N) is 2. The van der Waals surface area contributed by atoms with Gasteiger partial charge in [-0.2, -0.15) is 0 Å². The lowest BCUT2D eigenvalue weighted by molar-refractivity contribution is 0.205. The smallest absolute Gasteiger partial charge is 0.123 e. The minimum Gasteiger partial charge on any atom is -0.394 e. The number of aliphatic hydroxyl groups is 1. The van der Waals surface area contributed by atoms with E-state index in [0.29, 0.717) is 6.04 Å². The zero-order valence-corrected chi connectivity index (χ0v) is 18.3. The predicted molar refractivity (Wildman–Crippen MR) is 127 cm³/mol. The molecule has 0 unspecified atom stereocenters. The minimum atomic E-state index is 0.0314. The van der Waals surface area contributed by atoms with E-state index in [9.17, 15) is 5.11 Å². The Labute approximate surface area is 188 Å². The Morgan fingerprint density at radius 2 is 1.81 bits per heavy atom. The first-order chi connectivity index (χ1) is 15.8. The molecular weight excluding hydrogens is 398 g/mol. The van der Waals surface area contributed by atoms with Crippen LogP contribution in [0.4, 0.5) is 0 Å². The molecule has 1 atom stereocenters. The summed E-state index contributed by atoms with van der Waals surface area (Å²) in [6, 6.07) is 17.3. The minimum absolute atomic E-state index is 0.0314. The summed E-state index contributed by atoms with van der Waals surface area (Å²) in [4.78, 5) is 3.42. The Morgan fingerprint density at radius 1 is 1.03 bits per heavy atom. The van der Waals surface area contributed by atoms with Crippen LogP contribution in [0.2, 0.25) is 0 Å². The number of benzene rings is 2. The van der Waals surface area contributed by atoms with Crippen LogP contribution in [0.1, 0.15) is 49.3 Å². The van der Waals surface area contributed by atoms with Crippen LogP contribution in [-0.2, 0) is 6.42 Å². The lowest BCUT2D eigenvalue weighted by Crippen LogP contribution is -2.37. The largest absolute Gasteiger partial charge is 0.394 e. The second-order valence-electron chi connectivity index (χ2n) is 8.98. The summed E-state index contributed by atoms with van der Waals surface area (Å²) in [5.41, 5.74) is 4.83. The van der Waals surface area contributed by atoms with Crippen LogP contribution in [0.15, 0.2) is 67.4 Å².